The molecule has 0 saturated heterocycles. The Balaban J connectivity index is 2.91. The molecular weight excluding hydrogens is 238 g/mol. The number of hydrogen-bond donors (Lipinski definition) is 1. The van der Waals surface area contributed by atoms with E-state index >= 15 is 0 Å². The van der Waals surface area contributed by atoms with Crippen LogP contribution in [0.3, 0.4) is 0 Å². The molecule has 0 aliphatic carbocycles. The SMILES string of the molecule is CCOC(=O)C(NC(C)C(C)(C)C)c1ccccc1. The van der Waals surface area contributed by atoms with Gasteiger partial charge in [0.15, 0.2) is 0 Å². The Bertz CT molecular complexity index is 395. The number of benzene rings is 1. The third-order valence-electron chi connectivity index (χ3n) is 3.37. The van der Waals surface area contributed by atoms with Crippen LogP contribution in [0.1, 0.15) is 46.2 Å². The first-order chi connectivity index (χ1) is 8.86. The van der Waals surface area contributed by atoms with E-state index in [1.165, 1.54) is 0 Å². The smallest absolute Gasteiger partial charge is 0.327 e. The van der Waals surface area contributed by atoms with Gasteiger partial charge in [0.05, 0.1) is 6.61 Å². The molecule has 2 unspecified atom stereocenters. The first-order valence-electron chi connectivity index (χ1n) is 6.84. The summed E-state index contributed by atoms with van der Waals surface area (Å²) >= 11 is 0. The summed E-state index contributed by atoms with van der Waals surface area (Å²) in [5.74, 6) is -0.218. The fraction of sp³-hybridized carbons (Fsp3) is 0.562. The third-order valence-corrected chi connectivity index (χ3v) is 3.37. The fourth-order valence-corrected chi connectivity index (χ4v) is 1.67. The molecule has 0 saturated carbocycles. The summed E-state index contributed by atoms with van der Waals surface area (Å²) in [6.45, 7) is 10.8. The van der Waals surface area contributed by atoms with Crippen LogP contribution >= 0.6 is 0 Å². The van der Waals surface area contributed by atoms with Gasteiger partial charge in [-0.2, -0.15) is 0 Å². The van der Waals surface area contributed by atoms with E-state index in [4.69, 9.17) is 4.74 Å². The number of hydrogen-bond acceptors (Lipinski definition) is 3. The molecule has 0 aliphatic heterocycles. The van der Waals surface area contributed by atoms with E-state index in [1.54, 1.807) is 0 Å². The second-order valence-corrected chi connectivity index (χ2v) is 5.85. The Kier molecular flexibility index (Phi) is 5.55. The molecule has 106 valence electrons. The van der Waals surface area contributed by atoms with Crippen molar-refractivity contribution in [3.05, 3.63) is 35.9 Å². The number of nitrogens with one attached hydrogen (secondary N) is 1. The first kappa shape index (κ1) is 15.7. The number of esters is 1. The molecule has 0 spiro atoms. The Morgan fingerprint density at radius 2 is 1.84 bits per heavy atom. The summed E-state index contributed by atoms with van der Waals surface area (Å²) in [5, 5.41) is 3.38. The molecular formula is C16H25NO2. The van der Waals surface area contributed by atoms with Gasteiger partial charge in [-0.25, -0.2) is 4.79 Å². The van der Waals surface area contributed by atoms with Gasteiger partial charge in [0.25, 0.3) is 0 Å². The summed E-state index contributed by atoms with van der Waals surface area (Å²) < 4.78 is 5.17. The molecule has 0 aromatic heterocycles. The average Bonchev–Trinajstić information content (AvgIpc) is 2.35. The lowest BCUT2D eigenvalue weighted by atomic mass is 9.87. The van der Waals surface area contributed by atoms with Crippen LogP contribution in [0.15, 0.2) is 30.3 Å². The van der Waals surface area contributed by atoms with Crippen LogP contribution < -0.4 is 5.32 Å². The highest BCUT2D eigenvalue weighted by Gasteiger charge is 2.28. The van der Waals surface area contributed by atoms with Gasteiger partial charge in [-0.1, -0.05) is 51.1 Å². The zero-order valence-electron chi connectivity index (χ0n) is 12.6. The van der Waals surface area contributed by atoms with E-state index in [1.807, 2.05) is 37.3 Å². The summed E-state index contributed by atoms with van der Waals surface area (Å²) in [5.41, 5.74) is 1.02. The minimum absolute atomic E-state index is 0.0829. The van der Waals surface area contributed by atoms with Crippen molar-refractivity contribution < 1.29 is 9.53 Å². The third kappa shape index (κ3) is 4.67. The second kappa shape index (κ2) is 6.71. The average molecular weight is 263 g/mol. The van der Waals surface area contributed by atoms with Crippen LogP contribution in [0.25, 0.3) is 0 Å². The van der Waals surface area contributed by atoms with E-state index in [-0.39, 0.29) is 17.4 Å². The largest absolute Gasteiger partial charge is 0.465 e. The van der Waals surface area contributed by atoms with Crippen molar-refractivity contribution in [1.29, 1.82) is 0 Å². The molecule has 1 aromatic rings. The van der Waals surface area contributed by atoms with Crippen molar-refractivity contribution in [2.24, 2.45) is 5.41 Å². The van der Waals surface area contributed by atoms with Crippen LogP contribution in [0.4, 0.5) is 0 Å². The van der Waals surface area contributed by atoms with Gasteiger partial charge in [-0.15, -0.1) is 0 Å². The van der Waals surface area contributed by atoms with Crippen LogP contribution in [-0.4, -0.2) is 18.6 Å². The molecule has 1 rings (SSSR count). The van der Waals surface area contributed by atoms with Crippen LogP contribution in [0.5, 0.6) is 0 Å². The quantitative estimate of drug-likeness (QED) is 0.828. The fourth-order valence-electron chi connectivity index (χ4n) is 1.67. The molecule has 0 heterocycles. The van der Waals surface area contributed by atoms with Gasteiger partial charge < -0.3 is 4.74 Å². The van der Waals surface area contributed by atoms with E-state index < -0.39 is 6.04 Å². The summed E-state index contributed by atoms with van der Waals surface area (Å²) in [7, 11) is 0. The lowest BCUT2D eigenvalue weighted by molar-refractivity contribution is -0.146. The Morgan fingerprint density at radius 1 is 1.26 bits per heavy atom. The molecule has 1 aromatic carbocycles. The van der Waals surface area contributed by atoms with Gasteiger partial charge in [0.2, 0.25) is 0 Å². The molecule has 3 heteroatoms. The van der Waals surface area contributed by atoms with E-state index in [9.17, 15) is 4.79 Å². The maximum absolute atomic E-state index is 12.1. The first-order valence-corrected chi connectivity index (χ1v) is 6.84. The minimum Gasteiger partial charge on any atom is -0.465 e. The minimum atomic E-state index is -0.407. The molecule has 2 atom stereocenters. The maximum Gasteiger partial charge on any atom is 0.327 e. The van der Waals surface area contributed by atoms with Gasteiger partial charge in [-0.3, -0.25) is 5.32 Å². The number of carbonyl (C=O) groups is 1. The number of rotatable bonds is 5. The van der Waals surface area contributed by atoms with Crippen molar-refractivity contribution >= 4 is 5.97 Å². The van der Waals surface area contributed by atoms with Crippen LogP contribution in [0.2, 0.25) is 0 Å². The van der Waals surface area contributed by atoms with Crippen molar-refractivity contribution in [2.45, 2.75) is 46.7 Å². The van der Waals surface area contributed by atoms with Crippen LogP contribution in [-0.2, 0) is 9.53 Å². The highest BCUT2D eigenvalue weighted by molar-refractivity contribution is 5.77. The molecule has 0 amide bonds. The predicted octanol–water partition coefficient (Wildman–Crippen LogP) is 3.32. The Hall–Kier alpha value is -1.35. The monoisotopic (exact) mass is 263 g/mol. The second-order valence-electron chi connectivity index (χ2n) is 5.85. The molecule has 19 heavy (non-hydrogen) atoms. The highest BCUT2D eigenvalue weighted by Crippen LogP contribution is 2.23. The molecule has 1 N–H and O–H groups in total. The zero-order chi connectivity index (χ0) is 14.5. The van der Waals surface area contributed by atoms with Gasteiger partial charge >= 0.3 is 5.97 Å². The normalized spacial score (nSPS) is 14.8. The van der Waals surface area contributed by atoms with Crippen molar-refractivity contribution in [3.63, 3.8) is 0 Å². The topological polar surface area (TPSA) is 38.3 Å². The van der Waals surface area contributed by atoms with E-state index in [0.717, 1.165) is 5.56 Å². The summed E-state index contributed by atoms with van der Waals surface area (Å²) in [6.07, 6.45) is 0. The molecule has 0 radical (unpaired) electrons. The van der Waals surface area contributed by atoms with Crippen molar-refractivity contribution in [3.8, 4) is 0 Å². The summed E-state index contributed by atoms with van der Waals surface area (Å²) in [4.78, 5) is 12.1. The predicted molar refractivity (Wildman–Crippen MR) is 77.9 cm³/mol. The lowest BCUT2D eigenvalue weighted by Gasteiger charge is -2.31. The Labute approximate surface area is 116 Å². The molecule has 0 aliphatic rings. The summed E-state index contributed by atoms with van der Waals surface area (Å²) in [6, 6.07) is 9.50. The zero-order valence-corrected chi connectivity index (χ0v) is 12.6. The van der Waals surface area contributed by atoms with Crippen molar-refractivity contribution in [1.82, 2.24) is 5.32 Å². The van der Waals surface area contributed by atoms with Gasteiger partial charge in [0, 0.05) is 6.04 Å². The van der Waals surface area contributed by atoms with Gasteiger partial charge in [-0.05, 0) is 24.8 Å². The maximum atomic E-state index is 12.1. The lowest BCUT2D eigenvalue weighted by Crippen LogP contribution is -2.43. The van der Waals surface area contributed by atoms with Gasteiger partial charge in [0.1, 0.15) is 6.04 Å². The number of carbonyl (C=O) groups excluding carboxylic acids is 1. The molecule has 3 nitrogen and oxygen atoms in total. The van der Waals surface area contributed by atoms with Crippen LogP contribution in [0, 0.1) is 5.41 Å². The van der Waals surface area contributed by atoms with E-state index in [0.29, 0.717) is 6.61 Å². The highest BCUT2D eigenvalue weighted by atomic mass is 16.5. The standard InChI is InChI=1S/C16H25NO2/c1-6-19-15(18)14(13-10-8-7-9-11-13)17-12(2)16(3,4)5/h7-12,14,17H,6H2,1-5H3. The molecule has 0 bridgehead atoms. The number of ether oxygens (including phenoxy) is 1. The Morgan fingerprint density at radius 3 is 2.32 bits per heavy atom. The molecule has 0 fully saturated rings. The van der Waals surface area contributed by atoms with Crippen molar-refractivity contribution in [2.75, 3.05) is 6.61 Å². The van der Waals surface area contributed by atoms with E-state index in [2.05, 4.69) is 33.0 Å².